The van der Waals surface area contributed by atoms with Gasteiger partial charge in [-0.1, -0.05) is 67.5 Å². The molecule has 0 saturated carbocycles. The summed E-state index contributed by atoms with van der Waals surface area (Å²) in [5.74, 6) is -1.10. The highest BCUT2D eigenvalue weighted by molar-refractivity contribution is 5.50. The summed E-state index contributed by atoms with van der Waals surface area (Å²) in [6.07, 6.45) is -4.40. The van der Waals surface area contributed by atoms with Gasteiger partial charge in [0.2, 0.25) is 23.0 Å². The first-order valence-electron chi connectivity index (χ1n) is 18.3. The van der Waals surface area contributed by atoms with Crippen LogP contribution in [0.2, 0.25) is 0 Å². The Labute approximate surface area is 323 Å². The van der Waals surface area contributed by atoms with Crippen molar-refractivity contribution in [1.82, 2.24) is 30.4 Å². The highest BCUT2D eigenvalue weighted by atomic mass is 19.4. The zero-order valence-electron chi connectivity index (χ0n) is 31.1. The van der Waals surface area contributed by atoms with Gasteiger partial charge in [-0.2, -0.15) is 26.3 Å². The van der Waals surface area contributed by atoms with E-state index in [0.29, 0.717) is 62.6 Å². The Morgan fingerprint density at radius 3 is 1.86 bits per heavy atom. The van der Waals surface area contributed by atoms with Crippen molar-refractivity contribution < 1.29 is 54.5 Å². The molecule has 2 unspecified atom stereocenters. The number of benzene rings is 1. The van der Waals surface area contributed by atoms with Gasteiger partial charge in [0.1, 0.15) is 11.4 Å². The van der Waals surface area contributed by atoms with Crippen molar-refractivity contribution >= 4 is 0 Å². The monoisotopic (exact) mass is 802 g/mol. The van der Waals surface area contributed by atoms with Gasteiger partial charge in [-0.3, -0.25) is 0 Å². The lowest BCUT2D eigenvalue weighted by Gasteiger charge is -2.31. The molecular formula is C39H40F6N6O6. The predicted octanol–water partition coefficient (Wildman–Crippen LogP) is 9.07. The summed E-state index contributed by atoms with van der Waals surface area (Å²) in [5, 5.41) is 24.9. The van der Waals surface area contributed by atoms with E-state index < -0.39 is 48.2 Å². The fraction of sp³-hybridized carbons (Fsp3) is 0.436. The van der Waals surface area contributed by atoms with Gasteiger partial charge in [-0.25, -0.2) is 9.97 Å². The normalized spacial score (nSPS) is 20.5. The number of allylic oxidation sites excluding steroid dienone is 1. The van der Waals surface area contributed by atoms with Crippen molar-refractivity contribution in [3.8, 4) is 34.9 Å². The SMILES string of the molecule is Cc1ccc2nc1OCCCC=CCC(OCc1ccccc1)(C(F)(F)F)c1nnc-2o1.Cc1ccc2nc1OCCCCCCC(O)(C(F)(F)F)c1nnc-2o1. The lowest BCUT2D eigenvalue weighted by atomic mass is 9.95. The molecule has 8 bridgehead atoms. The summed E-state index contributed by atoms with van der Waals surface area (Å²) in [5.41, 5.74) is -3.34. The average Bonchev–Trinajstić information content (AvgIpc) is 3.88. The van der Waals surface area contributed by atoms with Crippen LogP contribution < -0.4 is 9.47 Å². The van der Waals surface area contributed by atoms with Gasteiger partial charge in [0.05, 0.1) is 19.8 Å². The highest BCUT2D eigenvalue weighted by Gasteiger charge is 2.61. The Bertz CT molecular complexity index is 2120. The van der Waals surface area contributed by atoms with E-state index >= 15 is 0 Å². The molecule has 2 aliphatic rings. The minimum atomic E-state index is -4.91. The lowest BCUT2D eigenvalue weighted by Crippen LogP contribution is -2.45. The van der Waals surface area contributed by atoms with Crippen LogP contribution in [0, 0.1) is 13.8 Å². The Morgan fingerprint density at radius 2 is 1.25 bits per heavy atom. The van der Waals surface area contributed by atoms with E-state index in [2.05, 4.69) is 30.4 Å². The Balaban J connectivity index is 0.000000199. The van der Waals surface area contributed by atoms with Gasteiger partial charge >= 0.3 is 12.4 Å². The van der Waals surface area contributed by atoms with Crippen molar-refractivity contribution in [2.75, 3.05) is 13.2 Å². The van der Waals surface area contributed by atoms with Crippen LogP contribution in [-0.2, 0) is 22.5 Å². The molecule has 57 heavy (non-hydrogen) atoms. The summed E-state index contributed by atoms with van der Waals surface area (Å²) in [7, 11) is 0. The maximum absolute atomic E-state index is 14.5. The number of aryl methyl sites for hydroxylation is 2. The molecule has 1 N–H and O–H groups in total. The number of pyridine rings is 2. The number of alkyl halides is 6. The number of aromatic nitrogens is 6. The molecule has 0 saturated heterocycles. The van der Waals surface area contributed by atoms with Crippen molar-refractivity contribution in [1.29, 1.82) is 0 Å². The molecule has 304 valence electrons. The third-order valence-corrected chi connectivity index (χ3v) is 9.34. The maximum Gasteiger partial charge on any atom is 0.426 e. The van der Waals surface area contributed by atoms with Crippen LogP contribution in [0.25, 0.3) is 23.2 Å². The molecule has 18 heteroatoms. The molecule has 0 radical (unpaired) electrons. The van der Waals surface area contributed by atoms with Crippen LogP contribution >= 0.6 is 0 Å². The van der Waals surface area contributed by atoms with E-state index in [1.54, 1.807) is 60.7 Å². The molecule has 2 atom stereocenters. The number of ether oxygens (including phenoxy) is 3. The largest absolute Gasteiger partial charge is 0.477 e. The van der Waals surface area contributed by atoms with E-state index in [1.165, 1.54) is 6.08 Å². The van der Waals surface area contributed by atoms with Crippen LogP contribution in [0.5, 0.6) is 11.8 Å². The molecule has 0 amide bonds. The molecule has 4 aromatic heterocycles. The zero-order valence-corrected chi connectivity index (χ0v) is 31.1. The number of aliphatic hydroxyl groups is 1. The molecule has 0 spiro atoms. The summed E-state index contributed by atoms with van der Waals surface area (Å²) >= 11 is 0. The highest BCUT2D eigenvalue weighted by Crippen LogP contribution is 2.46. The van der Waals surface area contributed by atoms with Crippen molar-refractivity contribution in [3.63, 3.8) is 0 Å². The van der Waals surface area contributed by atoms with E-state index in [-0.39, 0.29) is 36.2 Å². The first-order chi connectivity index (χ1) is 27.2. The zero-order chi connectivity index (χ0) is 40.7. The van der Waals surface area contributed by atoms with Crippen LogP contribution in [-0.4, -0.2) is 61.0 Å². The third-order valence-electron chi connectivity index (χ3n) is 9.34. The van der Waals surface area contributed by atoms with E-state index in [1.807, 2.05) is 13.8 Å². The second kappa shape index (κ2) is 17.4. The predicted molar refractivity (Wildman–Crippen MR) is 191 cm³/mol. The molecule has 5 aromatic rings. The van der Waals surface area contributed by atoms with Gasteiger partial charge in [0.15, 0.2) is 0 Å². The minimum Gasteiger partial charge on any atom is -0.477 e. The first-order valence-corrected chi connectivity index (χ1v) is 18.3. The summed E-state index contributed by atoms with van der Waals surface area (Å²) < 4.78 is 111. The molecule has 6 heterocycles. The van der Waals surface area contributed by atoms with E-state index in [4.69, 9.17) is 23.0 Å². The quantitative estimate of drug-likeness (QED) is 0.137. The van der Waals surface area contributed by atoms with Gasteiger partial charge in [0.25, 0.3) is 23.6 Å². The number of nitrogens with zero attached hydrogens (tertiary/aromatic N) is 6. The molecule has 1 aromatic carbocycles. The molecule has 2 aliphatic heterocycles. The summed E-state index contributed by atoms with van der Waals surface area (Å²) in [4.78, 5) is 8.59. The van der Waals surface area contributed by atoms with Crippen molar-refractivity contribution in [2.45, 2.75) is 95.4 Å². The molecular weight excluding hydrogens is 762 g/mol. The number of hydrogen-bond acceptors (Lipinski definition) is 12. The first kappa shape index (κ1) is 41.3. The number of rotatable bonds is 3. The fourth-order valence-electron chi connectivity index (χ4n) is 5.95. The van der Waals surface area contributed by atoms with E-state index in [0.717, 1.165) is 11.1 Å². The molecule has 12 nitrogen and oxygen atoms in total. The van der Waals surface area contributed by atoms with Crippen LogP contribution in [0.4, 0.5) is 26.3 Å². The summed E-state index contributed by atoms with van der Waals surface area (Å²) in [6.45, 7) is 4.17. The standard InChI is InChI=1S/C23H22F3N3O3.C16H18F3N3O3/c1-16-11-12-18-20-28-29-21(32-20)22(23(24,25)26,31-15-17-9-5-4-6-10-17)13-7-2-3-8-14-30-19(16)27-18;1-10-6-7-11-13-21-22-14(25-13)15(23,16(17,18)19)8-4-2-3-5-9-24-12(10)20-11/h2,4-7,9-12H,3,8,13-15H2,1H3;6-7,23H,2-5,8-9H2,1H3. The summed E-state index contributed by atoms with van der Waals surface area (Å²) in [6, 6.07) is 15.3. The van der Waals surface area contributed by atoms with Gasteiger partial charge in [0, 0.05) is 17.5 Å². The Hall–Kier alpha value is -5.36. The third kappa shape index (κ3) is 9.44. The number of fused-ring (bicyclic) bond motifs is 10. The molecule has 0 fully saturated rings. The van der Waals surface area contributed by atoms with Crippen LogP contribution in [0.15, 0.2) is 75.6 Å². The van der Waals surface area contributed by atoms with Gasteiger partial charge in [-0.15, -0.1) is 20.4 Å². The number of halogens is 6. The van der Waals surface area contributed by atoms with Crippen LogP contribution in [0.1, 0.15) is 79.8 Å². The average molecular weight is 803 g/mol. The number of hydrogen-bond donors (Lipinski definition) is 1. The van der Waals surface area contributed by atoms with Crippen LogP contribution in [0.3, 0.4) is 0 Å². The minimum absolute atomic E-state index is 0.136. The van der Waals surface area contributed by atoms with Gasteiger partial charge < -0.3 is 28.2 Å². The smallest absolute Gasteiger partial charge is 0.426 e. The molecule has 7 rings (SSSR count). The van der Waals surface area contributed by atoms with Crippen molar-refractivity contribution in [2.24, 2.45) is 0 Å². The fourth-order valence-corrected chi connectivity index (χ4v) is 5.95. The molecule has 0 aliphatic carbocycles. The Morgan fingerprint density at radius 1 is 0.667 bits per heavy atom. The van der Waals surface area contributed by atoms with Crippen molar-refractivity contribution in [3.05, 3.63) is 95.2 Å². The lowest BCUT2D eigenvalue weighted by molar-refractivity contribution is -0.295. The topological polar surface area (TPSA) is 152 Å². The second-order valence-electron chi connectivity index (χ2n) is 13.6. The second-order valence-corrected chi connectivity index (χ2v) is 13.6. The van der Waals surface area contributed by atoms with E-state index in [9.17, 15) is 31.4 Å². The van der Waals surface area contributed by atoms with Gasteiger partial charge in [-0.05, 0) is 63.6 Å². The Kier molecular flexibility index (Phi) is 12.6. The maximum atomic E-state index is 14.5.